The van der Waals surface area contributed by atoms with Gasteiger partial charge in [-0.2, -0.15) is 0 Å². The summed E-state index contributed by atoms with van der Waals surface area (Å²) in [6, 6.07) is 6.87. The molecule has 0 saturated carbocycles. The molecule has 0 radical (unpaired) electrons. The lowest BCUT2D eigenvalue weighted by Gasteiger charge is -2.31. The summed E-state index contributed by atoms with van der Waals surface area (Å²) in [5.74, 6) is 0.414. The minimum absolute atomic E-state index is 0.0856. The second-order valence-electron chi connectivity index (χ2n) is 6.36. The van der Waals surface area contributed by atoms with Crippen molar-refractivity contribution >= 4 is 22.4 Å². The van der Waals surface area contributed by atoms with E-state index in [1.165, 1.54) is 28.7 Å². The van der Waals surface area contributed by atoms with Crippen molar-refractivity contribution in [1.82, 2.24) is 9.88 Å². The van der Waals surface area contributed by atoms with Crippen LogP contribution in [-0.4, -0.2) is 28.9 Å². The number of benzene rings is 1. The Balaban J connectivity index is 1.45. The number of nitrogens with zero attached hydrogens (tertiary/aromatic N) is 2. The van der Waals surface area contributed by atoms with Crippen LogP contribution >= 0.6 is 11.3 Å². The van der Waals surface area contributed by atoms with Crippen LogP contribution in [0.5, 0.6) is 0 Å². The van der Waals surface area contributed by atoms with Gasteiger partial charge in [-0.25, -0.2) is 9.37 Å². The SMILES string of the molecule is CC(=O)Nc1ncc(CN2CCC(Cc3ccc(F)cc3)CC2)s1. The van der Waals surface area contributed by atoms with Gasteiger partial charge in [0.2, 0.25) is 5.91 Å². The molecule has 1 fully saturated rings. The van der Waals surface area contributed by atoms with E-state index >= 15 is 0 Å². The van der Waals surface area contributed by atoms with E-state index in [0.29, 0.717) is 11.0 Å². The average molecular weight is 347 g/mol. The fraction of sp³-hybridized carbons (Fsp3) is 0.444. The lowest BCUT2D eigenvalue weighted by Crippen LogP contribution is -2.33. The molecule has 24 heavy (non-hydrogen) atoms. The van der Waals surface area contributed by atoms with E-state index in [1.807, 2.05) is 18.3 Å². The van der Waals surface area contributed by atoms with Crippen LogP contribution in [0.25, 0.3) is 0 Å². The van der Waals surface area contributed by atoms with Crippen molar-refractivity contribution in [3.63, 3.8) is 0 Å². The van der Waals surface area contributed by atoms with Gasteiger partial charge in [-0.1, -0.05) is 12.1 Å². The topological polar surface area (TPSA) is 45.2 Å². The Hall–Kier alpha value is -1.79. The van der Waals surface area contributed by atoms with Gasteiger partial charge in [0, 0.05) is 24.5 Å². The lowest BCUT2D eigenvalue weighted by atomic mass is 9.90. The van der Waals surface area contributed by atoms with Crippen LogP contribution in [0.1, 0.15) is 30.2 Å². The summed E-state index contributed by atoms with van der Waals surface area (Å²) in [4.78, 5) is 18.9. The first-order valence-corrected chi connectivity index (χ1v) is 9.09. The van der Waals surface area contributed by atoms with E-state index in [2.05, 4.69) is 15.2 Å². The third-order valence-corrected chi connectivity index (χ3v) is 5.26. The van der Waals surface area contributed by atoms with Crippen molar-refractivity contribution in [3.05, 3.63) is 46.7 Å². The number of amides is 1. The minimum atomic E-state index is -0.170. The van der Waals surface area contributed by atoms with E-state index in [9.17, 15) is 9.18 Å². The van der Waals surface area contributed by atoms with Crippen molar-refractivity contribution in [1.29, 1.82) is 0 Å². The molecule has 0 aliphatic carbocycles. The van der Waals surface area contributed by atoms with Gasteiger partial charge in [-0.15, -0.1) is 11.3 Å². The molecule has 1 saturated heterocycles. The maximum atomic E-state index is 13.0. The highest BCUT2D eigenvalue weighted by Gasteiger charge is 2.20. The predicted octanol–water partition coefficient (Wildman–Crippen LogP) is 3.70. The normalized spacial score (nSPS) is 16.2. The smallest absolute Gasteiger partial charge is 0.223 e. The highest BCUT2D eigenvalue weighted by molar-refractivity contribution is 7.15. The zero-order valence-corrected chi connectivity index (χ0v) is 14.6. The van der Waals surface area contributed by atoms with E-state index < -0.39 is 0 Å². The van der Waals surface area contributed by atoms with Gasteiger partial charge in [0.25, 0.3) is 0 Å². The number of likely N-dealkylation sites (tertiary alicyclic amines) is 1. The van der Waals surface area contributed by atoms with Gasteiger partial charge < -0.3 is 5.32 Å². The Bertz CT molecular complexity index is 678. The van der Waals surface area contributed by atoms with Crippen molar-refractivity contribution in [3.8, 4) is 0 Å². The number of hydrogen-bond acceptors (Lipinski definition) is 4. The molecule has 128 valence electrons. The summed E-state index contributed by atoms with van der Waals surface area (Å²) in [5.41, 5.74) is 1.22. The Kier molecular flexibility index (Phi) is 5.58. The number of carbonyl (C=O) groups excluding carboxylic acids is 1. The van der Waals surface area contributed by atoms with Gasteiger partial charge in [0.15, 0.2) is 5.13 Å². The molecule has 1 aliphatic heterocycles. The molecule has 0 atom stereocenters. The number of hydrogen-bond donors (Lipinski definition) is 1. The summed E-state index contributed by atoms with van der Waals surface area (Å²) in [7, 11) is 0. The number of nitrogens with one attached hydrogen (secondary N) is 1. The first-order valence-electron chi connectivity index (χ1n) is 8.27. The summed E-state index contributed by atoms with van der Waals surface area (Å²) < 4.78 is 13.0. The van der Waals surface area contributed by atoms with Crippen molar-refractivity contribution in [2.75, 3.05) is 18.4 Å². The fourth-order valence-corrected chi connectivity index (χ4v) is 4.01. The molecule has 6 heteroatoms. The largest absolute Gasteiger partial charge is 0.302 e. The van der Waals surface area contributed by atoms with Crippen molar-refractivity contribution in [2.24, 2.45) is 5.92 Å². The predicted molar refractivity (Wildman–Crippen MR) is 94.5 cm³/mol. The van der Waals surface area contributed by atoms with E-state index in [-0.39, 0.29) is 11.7 Å². The molecule has 1 N–H and O–H groups in total. The Morgan fingerprint density at radius 2 is 2.04 bits per heavy atom. The summed E-state index contributed by atoms with van der Waals surface area (Å²) >= 11 is 1.54. The van der Waals surface area contributed by atoms with Gasteiger partial charge in [0.05, 0.1) is 0 Å². The number of piperidine rings is 1. The Morgan fingerprint density at radius 1 is 1.33 bits per heavy atom. The minimum Gasteiger partial charge on any atom is -0.302 e. The van der Waals surface area contributed by atoms with E-state index in [1.54, 1.807) is 12.1 Å². The molecule has 1 amide bonds. The number of anilines is 1. The molecular weight excluding hydrogens is 325 g/mol. The summed E-state index contributed by atoms with van der Waals surface area (Å²) in [5, 5.41) is 3.39. The van der Waals surface area contributed by atoms with Gasteiger partial charge in [-0.3, -0.25) is 9.69 Å². The van der Waals surface area contributed by atoms with Crippen LogP contribution in [0.4, 0.5) is 9.52 Å². The number of rotatable bonds is 5. The molecule has 2 aromatic rings. The van der Waals surface area contributed by atoms with Crippen LogP contribution in [0.2, 0.25) is 0 Å². The van der Waals surface area contributed by atoms with Crippen LogP contribution in [0.15, 0.2) is 30.5 Å². The third kappa shape index (κ3) is 4.85. The monoisotopic (exact) mass is 347 g/mol. The molecular formula is C18H22FN3OS. The van der Waals surface area contributed by atoms with E-state index in [4.69, 9.17) is 0 Å². The first-order chi connectivity index (χ1) is 11.6. The van der Waals surface area contributed by atoms with Crippen LogP contribution in [0, 0.1) is 11.7 Å². The van der Waals surface area contributed by atoms with Crippen LogP contribution < -0.4 is 5.32 Å². The lowest BCUT2D eigenvalue weighted by molar-refractivity contribution is -0.114. The number of aromatic nitrogens is 1. The second kappa shape index (κ2) is 7.85. The number of carbonyl (C=O) groups is 1. The Labute approximate surface area is 145 Å². The Morgan fingerprint density at radius 3 is 2.71 bits per heavy atom. The zero-order chi connectivity index (χ0) is 16.9. The number of halogens is 1. The zero-order valence-electron chi connectivity index (χ0n) is 13.8. The third-order valence-electron chi connectivity index (χ3n) is 4.36. The summed E-state index contributed by atoms with van der Waals surface area (Å²) in [6.45, 7) is 4.52. The molecule has 0 spiro atoms. The van der Waals surface area contributed by atoms with Crippen molar-refractivity contribution < 1.29 is 9.18 Å². The highest BCUT2D eigenvalue weighted by Crippen LogP contribution is 2.25. The van der Waals surface area contributed by atoms with Crippen LogP contribution in [0.3, 0.4) is 0 Å². The fourth-order valence-electron chi connectivity index (χ4n) is 3.11. The van der Waals surface area contributed by atoms with Crippen LogP contribution in [-0.2, 0) is 17.8 Å². The molecule has 1 aromatic heterocycles. The van der Waals surface area contributed by atoms with E-state index in [0.717, 1.165) is 38.9 Å². The van der Waals surface area contributed by atoms with Gasteiger partial charge in [0.1, 0.15) is 5.82 Å². The molecule has 2 heterocycles. The summed E-state index contributed by atoms with van der Waals surface area (Å²) in [6.07, 6.45) is 5.20. The maximum absolute atomic E-state index is 13.0. The average Bonchev–Trinajstić information content (AvgIpc) is 2.98. The quantitative estimate of drug-likeness (QED) is 0.897. The molecule has 0 unspecified atom stereocenters. The van der Waals surface area contributed by atoms with Crippen molar-refractivity contribution in [2.45, 2.75) is 32.7 Å². The molecule has 3 rings (SSSR count). The molecule has 1 aromatic carbocycles. The molecule has 4 nitrogen and oxygen atoms in total. The molecule has 0 bridgehead atoms. The number of thiazole rings is 1. The molecule has 1 aliphatic rings. The van der Waals surface area contributed by atoms with Gasteiger partial charge in [-0.05, 0) is 56.0 Å². The maximum Gasteiger partial charge on any atom is 0.223 e. The second-order valence-corrected chi connectivity index (χ2v) is 7.48. The standard InChI is InChI=1S/C18H22FN3OS/c1-13(23)21-18-20-11-17(24-18)12-22-8-6-15(7-9-22)10-14-2-4-16(19)5-3-14/h2-5,11,15H,6-10,12H2,1H3,(H,20,21,23). The first kappa shape index (κ1) is 17.0. The van der Waals surface area contributed by atoms with Gasteiger partial charge >= 0.3 is 0 Å². The highest BCUT2D eigenvalue weighted by atomic mass is 32.1.